The van der Waals surface area contributed by atoms with Crippen LogP contribution in [-0.2, 0) is 15.2 Å². The molecule has 1 aliphatic heterocycles. The van der Waals surface area contributed by atoms with Crippen molar-refractivity contribution >= 4 is 11.9 Å². The molecular weight excluding hydrogens is 310 g/mol. The number of carboxylic acid groups (broad SMARTS) is 2. The van der Waals surface area contributed by atoms with Gasteiger partial charge in [0.2, 0.25) is 0 Å². The lowest BCUT2D eigenvalue weighted by molar-refractivity contribution is -0.197. The number of nitrogens with one attached hydrogen (secondary N) is 1. The first-order chi connectivity index (χ1) is 11.4. The van der Waals surface area contributed by atoms with Crippen molar-refractivity contribution in [3.63, 3.8) is 0 Å². The summed E-state index contributed by atoms with van der Waals surface area (Å²) in [7, 11) is 0. The van der Waals surface area contributed by atoms with Gasteiger partial charge in [-0.2, -0.15) is 0 Å². The van der Waals surface area contributed by atoms with Gasteiger partial charge >= 0.3 is 11.9 Å². The molecule has 1 aromatic rings. The van der Waals surface area contributed by atoms with Crippen molar-refractivity contribution in [1.82, 2.24) is 5.32 Å². The van der Waals surface area contributed by atoms with Gasteiger partial charge in [-0.05, 0) is 30.7 Å². The lowest BCUT2D eigenvalue weighted by atomic mass is 9.53. The van der Waals surface area contributed by atoms with Crippen LogP contribution in [0.25, 0.3) is 0 Å². The molecule has 1 saturated carbocycles. The second-order valence-electron chi connectivity index (χ2n) is 6.99. The smallest absolute Gasteiger partial charge is 0.341 e. The average molecular weight is 333 g/mol. The van der Waals surface area contributed by atoms with E-state index in [0.717, 1.165) is 19.3 Å². The van der Waals surface area contributed by atoms with Crippen LogP contribution in [0.2, 0.25) is 0 Å². The van der Waals surface area contributed by atoms with E-state index in [0.29, 0.717) is 18.4 Å². The maximum absolute atomic E-state index is 12.2. The molecule has 130 valence electrons. The summed E-state index contributed by atoms with van der Waals surface area (Å²) in [6.45, 7) is 0.187. The highest BCUT2D eigenvalue weighted by atomic mass is 16.4. The summed E-state index contributed by atoms with van der Waals surface area (Å²) in [4.78, 5) is 23.5. The van der Waals surface area contributed by atoms with E-state index in [1.54, 1.807) is 30.3 Å². The number of fused-ring (bicyclic) bond motifs is 1. The molecule has 4 atom stereocenters. The molecule has 3 rings (SSSR count). The van der Waals surface area contributed by atoms with E-state index in [9.17, 15) is 24.9 Å². The highest BCUT2D eigenvalue weighted by molar-refractivity contribution is 5.81. The molecule has 1 aromatic carbocycles. The molecule has 4 N–H and O–H groups in total. The molecule has 4 unspecified atom stereocenters. The highest BCUT2D eigenvalue weighted by Gasteiger charge is 2.62. The van der Waals surface area contributed by atoms with Gasteiger partial charge in [0.25, 0.3) is 0 Å². The van der Waals surface area contributed by atoms with Crippen LogP contribution in [0.1, 0.15) is 37.7 Å². The molecule has 1 heterocycles. The van der Waals surface area contributed by atoms with Gasteiger partial charge in [-0.3, -0.25) is 4.79 Å². The average Bonchev–Trinajstić information content (AvgIpc) is 2.60. The summed E-state index contributed by atoms with van der Waals surface area (Å²) in [5, 5.41) is 33.6. The first-order valence-electron chi connectivity index (χ1n) is 8.39. The molecule has 0 spiro atoms. The predicted octanol–water partition coefficient (Wildman–Crippen LogP) is 1.58. The van der Waals surface area contributed by atoms with E-state index in [4.69, 9.17) is 0 Å². The van der Waals surface area contributed by atoms with Gasteiger partial charge in [0, 0.05) is 12.0 Å². The van der Waals surface area contributed by atoms with Crippen molar-refractivity contribution in [1.29, 1.82) is 0 Å². The number of rotatable bonds is 4. The predicted molar refractivity (Wildman–Crippen MR) is 86.4 cm³/mol. The number of hydrogen-bond acceptors (Lipinski definition) is 4. The number of aliphatic hydroxyl groups is 1. The molecule has 1 aliphatic carbocycles. The van der Waals surface area contributed by atoms with Crippen LogP contribution >= 0.6 is 0 Å². The Morgan fingerprint density at radius 1 is 1.17 bits per heavy atom. The molecule has 0 bridgehead atoms. The minimum absolute atomic E-state index is 0.144. The fourth-order valence-electron chi connectivity index (χ4n) is 4.66. The molecule has 6 heteroatoms. The fourth-order valence-corrected chi connectivity index (χ4v) is 4.66. The Morgan fingerprint density at radius 3 is 2.50 bits per heavy atom. The van der Waals surface area contributed by atoms with Crippen molar-refractivity contribution < 1.29 is 24.9 Å². The van der Waals surface area contributed by atoms with E-state index in [-0.39, 0.29) is 12.5 Å². The van der Waals surface area contributed by atoms with E-state index >= 15 is 0 Å². The number of benzene rings is 1. The molecule has 0 amide bonds. The minimum Gasteiger partial charge on any atom is -0.480 e. The standard InChI is InChI=1S/C18H23NO5/c20-15(21)14-10-13-8-4-5-9-17(13,11-19-14)18(24,16(22)23)12-6-2-1-3-7-12/h1-3,6-7,13-14,19,24H,4-5,8-11H2,(H,20,21)(H,22,23). The summed E-state index contributed by atoms with van der Waals surface area (Å²) in [6, 6.07) is 7.80. The molecule has 6 nitrogen and oxygen atoms in total. The van der Waals surface area contributed by atoms with Gasteiger partial charge in [-0.1, -0.05) is 43.2 Å². The number of hydrogen-bond donors (Lipinski definition) is 4. The van der Waals surface area contributed by atoms with Crippen molar-refractivity contribution in [3.05, 3.63) is 35.9 Å². The van der Waals surface area contributed by atoms with Gasteiger partial charge in [-0.25, -0.2) is 4.79 Å². The van der Waals surface area contributed by atoms with E-state index < -0.39 is 29.0 Å². The zero-order valence-corrected chi connectivity index (χ0v) is 13.4. The summed E-state index contributed by atoms with van der Waals surface area (Å²) < 4.78 is 0. The van der Waals surface area contributed by atoms with Gasteiger partial charge in [-0.15, -0.1) is 0 Å². The fraction of sp³-hybridized carbons (Fsp3) is 0.556. The topological polar surface area (TPSA) is 107 Å². The largest absolute Gasteiger partial charge is 0.480 e. The third kappa shape index (κ3) is 2.41. The van der Waals surface area contributed by atoms with Crippen molar-refractivity contribution in [2.45, 2.75) is 43.7 Å². The molecule has 0 radical (unpaired) electrons. The normalized spacial score (nSPS) is 32.4. The summed E-state index contributed by atoms with van der Waals surface area (Å²) >= 11 is 0. The summed E-state index contributed by atoms with van der Waals surface area (Å²) in [5.41, 5.74) is -2.57. The van der Waals surface area contributed by atoms with Gasteiger partial charge < -0.3 is 20.6 Å². The number of aliphatic carboxylic acids is 2. The zero-order valence-electron chi connectivity index (χ0n) is 13.4. The van der Waals surface area contributed by atoms with Gasteiger partial charge in [0.05, 0.1) is 0 Å². The van der Waals surface area contributed by atoms with Crippen LogP contribution in [0, 0.1) is 11.3 Å². The van der Waals surface area contributed by atoms with Crippen LogP contribution in [-0.4, -0.2) is 39.8 Å². The lowest BCUT2D eigenvalue weighted by Gasteiger charge is -2.55. The first kappa shape index (κ1) is 16.9. The Hall–Kier alpha value is -1.92. The highest BCUT2D eigenvalue weighted by Crippen LogP contribution is 2.56. The number of carboxylic acids is 2. The molecule has 24 heavy (non-hydrogen) atoms. The van der Waals surface area contributed by atoms with E-state index in [1.807, 2.05) is 0 Å². The maximum Gasteiger partial charge on any atom is 0.341 e. The Morgan fingerprint density at radius 2 is 1.88 bits per heavy atom. The second-order valence-corrected chi connectivity index (χ2v) is 6.99. The van der Waals surface area contributed by atoms with Crippen molar-refractivity contribution in [3.8, 4) is 0 Å². The Kier molecular flexibility index (Phi) is 4.36. The van der Waals surface area contributed by atoms with Crippen LogP contribution in [0.5, 0.6) is 0 Å². The molecule has 0 aromatic heterocycles. The monoisotopic (exact) mass is 333 g/mol. The summed E-state index contributed by atoms with van der Waals surface area (Å²) in [5.74, 6) is -2.33. The third-order valence-electron chi connectivity index (χ3n) is 5.91. The quantitative estimate of drug-likeness (QED) is 0.666. The van der Waals surface area contributed by atoms with Crippen LogP contribution < -0.4 is 5.32 Å². The Labute approximate surface area is 140 Å². The Bertz CT molecular complexity index is 634. The molecule has 1 saturated heterocycles. The maximum atomic E-state index is 12.2. The van der Waals surface area contributed by atoms with Crippen LogP contribution in [0.15, 0.2) is 30.3 Å². The molecule has 2 aliphatic rings. The SMILES string of the molecule is O=C(O)C1CC2CCCCC2(C(O)(C(=O)O)c2ccccc2)CN1. The van der Waals surface area contributed by atoms with Gasteiger partial charge in [0.15, 0.2) is 5.60 Å². The van der Waals surface area contributed by atoms with E-state index in [1.165, 1.54) is 0 Å². The van der Waals surface area contributed by atoms with Crippen LogP contribution in [0.3, 0.4) is 0 Å². The lowest BCUT2D eigenvalue weighted by Crippen LogP contribution is -2.65. The van der Waals surface area contributed by atoms with Crippen molar-refractivity contribution in [2.75, 3.05) is 6.54 Å². The number of piperidine rings is 1. The zero-order chi connectivity index (χ0) is 17.4. The second kappa shape index (κ2) is 6.18. The third-order valence-corrected chi connectivity index (χ3v) is 5.91. The summed E-state index contributed by atoms with van der Waals surface area (Å²) in [6.07, 6.45) is 3.42. The van der Waals surface area contributed by atoms with Gasteiger partial charge in [0.1, 0.15) is 6.04 Å². The first-order valence-corrected chi connectivity index (χ1v) is 8.39. The Balaban J connectivity index is 2.07. The van der Waals surface area contributed by atoms with E-state index in [2.05, 4.69) is 5.32 Å². The van der Waals surface area contributed by atoms with Crippen molar-refractivity contribution in [2.24, 2.45) is 11.3 Å². The number of carbonyl (C=O) groups is 2. The minimum atomic E-state index is -2.03. The molecule has 2 fully saturated rings. The molecular formula is C18H23NO5. The van der Waals surface area contributed by atoms with Crippen LogP contribution in [0.4, 0.5) is 0 Å².